The summed E-state index contributed by atoms with van der Waals surface area (Å²) in [6, 6.07) is 1.74. The van der Waals surface area contributed by atoms with E-state index in [0.29, 0.717) is 30.8 Å². The molecule has 1 saturated heterocycles. The van der Waals surface area contributed by atoms with Crippen molar-refractivity contribution in [3.05, 3.63) is 23.0 Å². The Morgan fingerprint density at radius 3 is 2.71 bits per heavy atom. The van der Waals surface area contributed by atoms with Crippen LogP contribution in [-0.2, 0) is 0 Å². The van der Waals surface area contributed by atoms with Crippen molar-refractivity contribution >= 4 is 5.91 Å². The van der Waals surface area contributed by atoms with Gasteiger partial charge in [-0.25, -0.2) is 0 Å². The molecule has 17 heavy (non-hydrogen) atoms. The third-order valence-corrected chi connectivity index (χ3v) is 3.25. The van der Waals surface area contributed by atoms with Crippen LogP contribution in [0.5, 0.6) is 0 Å². The Kier molecular flexibility index (Phi) is 2.87. The van der Waals surface area contributed by atoms with Gasteiger partial charge >= 0.3 is 0 Å². The minimum Gasteiger partial charge on any atom is -0.386 e. The first-order valence-corrected chi connectivity index (χ1v) is 5.78. The molecule has 0 radical (unpaired) electrons. The minimum atomic E-state index is -0.695. The van der Waals surface area contributed by atoms with Crippen LogP contribution in [0.4, 0.5) is 0 Å². The van der Waals surface area contributed by atoms with E-state index in [1.165, 1.54) is 0 Å². The molecule has 0 aromatic carbocycles. The maximum absolute atomic E-state index is 12.2. The molecule has 2 heterocycles. The van der Waals surface area contributed by atoms with Crippen LogP contribution >= 0.6 is 0 Å². The molecule has 0 saturated carbocycles. The summed E-state index contributed by atoms with van der Waals surface area (Å²) < 4.78 is 0. The summed E-state index contributed by atoms with van der Waals surface area (Å²) in [5.74, 6) is -0.0707. The highest BCUT2D eigenvalue weighted by atomic mass is 16.3. The van der Waals surface area contributed by atoms with E-state index in [-0.39, 0.29) is 5.91 Å². The predicted octanol–water partition coefficient (Wildman–Crippen LogP) is 0.690. The van der Waals surface area contributed by atoms with Crippen LogP contribution in [0.3, 0.4) is 0 Å². The Morgan fingerprint density at radius 1 is 1.47 bits per heavy atom. The molecule has 1 N–H and O–H groups in total. The fourth-order valence-electron chi connectivity index (χ4n) is 1.97. The lowest BCUT2D eigenvalue weighted by atomic mass is 9.90. The molecule has 5 heteroatoms. The SMILES string of the molecule is CCC1(O)CN(C(=O)c2cc(C)nnc2C)C1. The molecule has 1 aliphatic rings. The van der Waals surface area contributed by atoms with Crippen LogP contribution in [0.1, 0.15) is 35.1 Å². The van der Waals surface area contributed by atoms with E-state index >= 15 is 0 Å². The summed E-state index contributed by atoms with van der Waals surface area (Å²) in [6.07, 6.45) is 0.670. The van der Waals surface area contributed by atoms with E-state index in [9.17, 15) is 9.90 Å². The van der Waals surface area contributed by atoms with E-state index in [1.807, 2.05) is 13.8 Å². The van der Waals surface area contributed by atoms with Gasteiger partial charge in [0.05, 0.1) is 35.6 Å². The first-order valence-electron chi connectivity index (χ1n) is 5.78. The van der Waals surface area contributed by atoms with Crippen molar-refractivity contribution in [3.63, 3.8) is 0 Å². The number of likely N-dealkylation sites (tertiary alicyclic amines) is 1. The largest absolute Gasteiger partial charge is 0.386 e. The topological polar surface area (TPSA) is 66.3 Å². The number of carbonyl (C=O) groups is 1. The quantitative estimate of drug-likeness (QED) is 0.819. The molecule has 0 unspecified atom stereocenters. The Labute approximate surface area is 100 Å². The highest BCUT2D eigenvalue weighted by Crippen LogP contribution is 2.26. The highest BCUT2D eigenvalue weighted by molar-refractivity contribution is 5.95. The zero-order valence-electron chi connectivity index (χ0n) is 10.4. The lowest BCUT2D eigenvalue weighted by Gasteiger charge is -2.46. The van der Waals surface area contributed by atoms with E-state index in [4.69, 9.17) is 0 Å². The average molecular weight is 235 g/mol. The summed E-state index contributed by atoms with van der Waals surface area (Å²) in [5.41, 5.74) is 1.24. The number of β-amino-alcohol motifs (C(OH)–C–C–N with tert-alkyl or cyclic N) is 1. The fourth-order valence-corrected chi connectivity index (χ4v) is 1.97. The molecular weight excluding hydrogens is 218 g/mol. The highest BCUT2D eigenvalue weighted by Gasteiger charge is 2.42. The molecule has 1 aliphatic heterocycles. The van der Waals surface area contributed by atoms with Crippen LogP contribution in [0.15, 0.2) is 6.07 Å². The zero-order chi connectivity index (χ0) is 12.6. The molecule has 1 aromatic heterocycles. The van der Waals surface area contributed by atoms with Crippen molar-refractivity contribution < 1.29 is 9.90 Å². The number of amides is 1. The van der Waals surface area contributed by atoms with Gasteiger partial charge in [-0.1, -0.05) is 6.92 Å². The first kappa shape index (κ1) is 12.0. The van der Waals surface area contributed by atoms with Crippen LogP contribution in [-0.4, -0.2) is 44.8 Å². The van der Waals surface area contributed by atoms with Gasteiger partial charge < -0.3 is 10.0 Å². The van der Waals surface area contributed by atoms with Gasteiger partial charge in [0.25, 0.3) is 5.91 Å². The molecule has 92 valence electrons. The Balaban J connectivity index is 2.14. The number of nitrogens with zero attached hydrogens (tertiary/aromatic N) is 3. The Bertz CT molecular complexity index is 453. The number of aryl methyl sites for hydroxylation is 2. The van der Waals surface area contributed by atoms with Gasteiger partial charge in [0.15, 0.2) is 0 Å². The lowest BCUT2D eigenvalue weighted by molar-refractivity contribution is -0.0826. The standard InChI is InChI=1S/C12H17N3O2/c1-4-12(17)6-15(7-12)11(16)10-5-8(2)13-14-9(10)3/h5,17H,4,6-7H2,1-3H3. The predicted molar refractivity (Wildman–Crippen MR) is 62.7 cm³/mol. The maximum atomic E-state index is 12.2. The van der Waals surface area contributed by atoms with E-state index in [0.717, 1.165) is 5.69 Å². The number of aliphatic hydroxyl groups is 1. The summed E-state index contributed by atoms with van der Waals surface area (Å²) in [4.78, 5) is 13.8. The van der Waals surface area contributed by atoms with Gasteiger partial charge in [0.2, 0.25) is 0 Å². The smallest absolute Gasteiger partial charge is 0.256 e. The van der Waals surface area contributed by atoms with E-state index in [1.54, 1.807) is 17.9 Å². The third-order valence-electron chi connectivity index (χ3n) is 3.25. The van der Waals surface area contributed by atoms with Gasteiger partial charge in [-0.15, -0.1) is 0 Å². The maximum Gasteiger partial charge on any atom is 0.256 e. The molecule has 2 rings (SSSR count). The molecule has 0 spiro atoms. The molecule has 5 nitrogen and oxygen atoms in total. The van der Waals surface area contributed by atoms with Gasteiger partial charge in [0, 0.05) is 0 Å². The second-order valence-electron chi connectivity index (χ2n) is 4.72. The Hall–Kier alpha value is -1.49. The van der Waals surface area contributed by atoms with Gasteiger partial charge in [-0.05, 0) is 26.3 Å². The monoisotopic (exact) mass is 235 g/mol. The second kappa shape index (κ2) is 4.07. The molecule has 1 amide bonds. The molecule has 0 aliphatic carbocycles. The molecule has 0 bridgehead atoms. The van der Waals surface area contributed by atoms with Crippen molar-refractivity contribution in [2.24, 2.45) is 0 Å². The van der Waals surface area contributed by atoms with Crippen LogP contribution in [0.2, 0.25) is 0 Å². The summed E-state index contributed by atoms with van der Waals surface area (Å²) in [6.45, 7) is 6.31. The number of aromatic nitrogens is 2. The van der Waals surface area contributed by atoms with Crippen molar-refractivity contribution in [2.75, 3.05) is 13.1 Å². The summed E-state index contributed by atoms with van der Waals surface area (Å²) in [5, 5.41) is 17.7. The summed E-state index contributed by atoms with van der Waals surface area (Å²) in [7, 11) is 0. The first-order chi connectivity index (χ1) is 7.95. The fraction of sp³-hybridized carbons (Fsp3) is 0.583. The third kappa shape index (κ3) is 2.15. The molecular formula is C12H17N3O2. The van der Waals surface area contributed by atoms with Crippen molar-refractivity contribution in [1.82, 2.24) is 15.1 Å². The minimum absolute atomic E-state index is 0.0707. The van der Waals surface area contributed by atoms with Gasteiger partial charge in [0.1, 0.15) is 0 Å². The number of hydrogen-bond acceptors (Lipinski definition) is 4. The zero-order valence-corrected chi connectivity index (χ0v) is 10.4. The van der Waals surface area contributed by atoms with Crippen LogP contribution in [0.25, 0.3) is 0 Å². The molecule has 1 fully saturated rings. The van der Waals surface area contributed by atoms with Crippen molar-refractivity contribution in [3.8, 4) is 0 Å². The number of rotatable bonds is 2. The van der Waals surface area contributed by atoms with Gasteiger partial charge in [-0.2, -0.15) is 10.2 Å². The van der Waals surface area contributed by atoms with Crippen LogP contribution < -0.4 is 0 Å². The number of carbonyl (C=O) groups excluding carboxylic acids is 1. The average Bonchev–Trinajstić information content (AvgIpc) is 2.27. The van der Waals surface area contributed by atoms with Crippen molar-refractivity contribution in [2.45, 2.75) is 32.8 Å². The molecule has 1 aromatic rings. The van der Waals surface area contributed by atoms with Crippen LogP contribution in [0, 0.1) is 13.8 Å². The van der Waals surface area contributed by atoms with E-state index in [2.05, 4.69) is 10.2 Å². The molecule has 0 atom stereocenters. The second-order valence-corrected chi connectivity index (χ2v) is 4.72. The summed E-state index contributed by atoms with van der Waals surface area (Å²) >= 11 is 0. The van der Waals surface area contributed by atoms with E-state index < -0.39 is 5.60 Å². The van der Waals surface area contributed by atoms with Gasteiger partial charge in [-0.3, -0.25) is 4.79 Å². The normalized spacial score (nSPS) is 17.8. The number of hydrogen-bond donors (Lipinski definition) is 1. The Morgan fingerprint density at radius 2 is 2.12 bits per heavy atom. The lowest BCUT2D eigenvalue weighted by Crippen LogP contribution is -2.63. The van der Waals surface area contributed by atoms with Crippen molar-refractivity contribution in [1.29, 1.82) is 0 Å².